The zero-order valence-corrected chi connectivity index (χ0v) is 14.2. The topological polar surface area (TPSA) is 52.2 Å². The highest BCUT2D eigenvalue weighted by atomic mass is 19.4. The minimum atomic E-state index is -4.47. The second-order valence-electron chi connectivity index (χ2n) is 6.65. The Hall–Kier alpha value is -2.25. The fraction of sp³-hybridized carbons (Fsp3) is 0.529. The van der Waals surface area contributed by atoms with Crippen LogP contribution in [0.25, 0.3) is 11.0 Å². The third-order valence-corrected chi connectivity index (χ3v) is 4.94. The Morgan fingerprint density at radius 3 is 2.92 bits per heavy atom. The van der Waals surface area contributed by atoms with Gasteiger partial charge in [0.1, 0.15) is 12.1 Å². The van der Waals surface area contributed by atoms with E-state index in [-0.39, 0.29) is 12.0 Å². The fourth-order valence-corrected chi connectivity index (χ4v) is 3.50. The van der Waals surface area contributed by atoms with Crippen LogP contribution in [0.15, 0.2) is 24.5 Å². The quantitative estimate of drug-likeness (QED) is 0.921. The van der Waals surface area contributed by atoms with Gasteiger partial charge in [-0.25, -0.2) is 4.98 Å². The molecule has 2 aromatic heterocycles. The molecule has 0 bridgehead atoms. The van der Waals surface area contributed by atoms with Crippen LogP contribution in [0.5, 0.6) is 0 Å². The molecule has 0 saturated carbocycles. The molecule has 25 heavy (non-hydrogen) atoms. The molecule has 2 atom stereocenters. The smallest absolute Gasteiger partial charge is 0.369 e. The number of aromatic nitrogens is 2. The number of carbonyl (C=O) groups excluding carboxylic acids is 1. The number of carbonyl (C=O) groups is 1. The standard InChI is InChI=1S/C17H21F3N4O/c1-11-5-8-24(15(25)9-17(18,19)20)10-14(11)23(2)13-4-7-22-16-12(13)3-6-21-16/h3-4,6-7,11,14H,5,8-10H2,1-2H3,(H,21,22)/t11-,14?/m1/s1. The number of nitrogens with zero attached hydrogens (tertiary/aromatic N) is 3. The maximum absolute atomic E-state index is 12.5. The summed E-state index contributed by atoms with van der Waals surface area (Å²) in [7, 11) is 1.92. The summed E-state index contributed by atoms with van der Waals surface area (Å²) in [6, 6.07) is 3.76. The van der Waals surface area contributed by atoms with Crippen LogP contribution >= 0.6 is 0 Å². The zero-order chi connectivity index (χ0) is 18.2. The van der Waals surface area contributed by atoms with Crippen molar-refractivity contribution < 1.29 is 18.0 Å². The molecule has 1 fully saturated rings. The molecule has 2 aromatic rings. The summed E-state index contributed by atoms with van der Waals surface area (Å²) >= 11 is 0. The number of aromatic amines is 1. The van der Waals surface area contributed by atoms with Crippen LogP contribution in [0.4, 0.5) is 18.9 Å². The first-order valence-electron chi connectivity index (χ1n) is 8.25. The van der Waals surface area contributed by atoms with E-state index in [1.54, 1.807) is 12.4 Å². The average Bonchev–Trinajstić information content (AvgIpc) is 3.01. The number of hydrogen-bond donors (Lipinski definition) is 1. The first kappa shape index (κ1) is 17.6. The first-order valence-corrected chi connectivity index (χ1v) is 8.25. The van der Waals surface area contributed by atoms with E-state index < -0.39 is 18.5 Å². The van der Waals surface area contributed by atoms with Gasteiger partial charge in [0.15, 0.2) is 0 Å². The highest BCUT2D eigenvalue weighted by molar-refractivity contribution is 5.89. The lowest BCUT2D eigenvalue weighted by Gasteiger charge is -2.42. The van der Waals surface area contributed by atoms with Crippen molar-refractivity contribution in [2.24, 2.45) is 5.92 Å². The van der Waals surface area contributed by atoms with E-state index in [1.807, 2.05) is 19.2 Å². The van der Waals surface area contributed by atoms with Crippen LogP contribution in [-0.2, 0) is 4.79 Å². The molecule has 1 aliphatic rings. The molecule has 1 aliphatic heterocycles. The fourth-order valence-electron chi connectivity index (χ4n) is 3.50. The third-order valence-electron chi connectivity index (χ3n) is 4.94. The molecular weight excluding hydrogens is 333 g/mol. The van der Waals surface area contributed by atoms with Gasteiger partial charge in [0.2, 0.25) is 5.91 Å². The van der Waals surface area contributed by atoms with Crippen molar-refractivity contribution in [2.75, 3.05) is 25.0 Å². The van der Waals surface area contributed by atoms with Gasteiger partial charge in [-0.1, -0.05) is 6.92 Å². The monoisotopic (exact) mass is 354 g/mol. The molecule has 5 nitrogen and oxygen atoms in total. The first-order chi connectivity index (χ1) is 11.8. The molecule has 3 heterocycles. The number of rotatable bonds is 3. The lowest BCUT2D eigenvalue weighted by Crippen LogP contribution is -2.53. The minimum absolute atomic E-state index is 0.0496. The number of halogens is 3. The van der Waals surface area contributed by atoms with E-state index in [4.69, 9.17) is 0 Å². The molecule has 0 spiro atoms. The van der Waals surface area contributed by atoms with Crippen molar-refractivity contribution in [3.8, 4) is 0 Å². The summed E-state index contributed by atoms with van der Waals surface area (Å²) in [6.07, 6.45) is -1.68. The Bertz CT molecular complexity index is 758. The van der Waals surface area contributed by atoms with Gasteiger partial charge in [-0.05, 0) is 24.5 Å². The Labute approximate surface area is 143 Å². The second kappa shape index (κ2) is 6.57. The Morgan fingerprint density at radius 1 is 1.44 bits per heavy atom. The van der Waals surface area contributed by atoms with Crippen LogP contribution in [-0.4, -0.2) is 53.1 Å². The van der Waals surface area contributed by atoms with E-state index in [0.717, 1.165) is 16.7 Å². The lowest BCUT2D eigenvalue weighted by atomic mass is 9.91. The predicted molar refractivity (Wildman–Crippen MR) is 89.3 cm³/mol. The number of fused-ring (bicyclic) bond motifs is 1. The summed E-state index contributed by atoms with van der Waals surface area (Å²) in [6.45, 7) is 2.74. The van der Waals surface area contributed by atoms with Gasteiger partial charge in [-0.2, -0.15) is 13.2 Å². The molecule has 136 valence electrons. The Kier molecular flexibility index (Phi) is 4.62. The van der Waals surface area contributed by atoms with Crippen molar-refractivity contribution in [1.82, 2.24) is 14.9 Å². The number of anilines is 1. The average molecular weight is 354 g/mol. The number of pyridine rings is 1. The molecule has 0 aliphatic carbocycles. The van der Waals surface area contributed by atoms with Crippen LogP contribution in [0.3, 0.4) is 0 Å². The zero-order valence-electron chi connectivity index (χ0n) is 14.2. The van der Waals surface area contributed by atoms with Gasteiger partial charge < -0.3 is 14.8 Å². The van der Waals surface area contributed by atoms with Crippen molar-refractivity contribution in [3.05, 3.63) is 24.5 Å². The van der Waals surface area contributed by atoms with Gasteiger partial charge in [0.25, 0.3) is 0 Å². The van der Waals surface area contributed by atoms with Crippen LogP contribution in [0.2, 0.25) is 0 Å². The number of hydrogen-bond acceptors (Lipinski definition) is 3. The number of amides is 1. The van der Waals surface area contributed by atoms with Crippen molar-refractivity contribution in [1.29, 1.82) is 0 Å². The summed E-state index contributed by atoms with van der Waals surface area (Å²) in [4.78, 5) is 22.7. The van der Waals surface area contributed by atoms with Gasteiger partial charge in [-0.15, -0.1) is 0 Å². The molecule has 0 aromatic carbocycles. The van der Waals surface area contributed by atoms with Gasteiger partial charge in [0, 0.05) is 49.6 Å². The number of nitrogens with one attached hydrogen (secondary N) is 1. The molecule has 3 rings (SSSR count). The molecule has 8 heteroatoms. The number of alkyl halides is 3. The predicted octanol–water partition coefficient (Wildman–Crippen LogP) is 3.19. The van der Waals surface area contributed by atoms with Crippen molar-refractivity contribution in [2.45, 2.75) is 32.0 Å². The lowest BCUT2D eigenvalue weighted by molar-refractivity contribution is -0.162. The highest BCUT2D eigenvalue weighted by Crippen LogP contribution is 2.31. The highest BCUT2D eigenvalue weighted by Gasteiger charge is 2.37. The summed E-state index contributed by atoms with van der Waals surface area (Å²) in [5.74, 6) is -0.582. The van der Waals surface area contributed by atoms with E-state index in [0.29, 0.717) is 19.5 Å². The van der Waals surface area contributed by atoms with E-state index in [1.165, 1.54) is 4.90 Å². The van der Waals surface area contributed by atoms with Gasteiger partial charge in [-0.3, -0.25) is 4.79 Å². The summed E-state index contributed by atoms with van der Waals surface area (Å²) in [5.41, 5.74) is 1.71. The minimum Gasteiger partial charge on any atom is -0.369 e. The Morgan fingerprint density at radius 2 is 2.20 bits per heavy atom. The van der Waals surface area contributed by atoms with Crippen molar-refractivity contribution in [3.63, 3.8) is 0 Å². The second-order valence-corrected chi connectivity index (χ2v) is 6.65. The molecular formula is C17H21F3N4O. The number of H-pyrrole nitrogens is 1. The number of likely N-dealkylation sites (N-methyl/N-ethyl adjacent to an activating group) is 1. The maximum Gasteiger partial charge on any atom is 0.397 e. The third kappa shape index (κ3) is 3.72. The SMILES string of the molecule is C[C@@H]1CCN(C(=O)CC(F)(F)F)CC1N(C)c1ccnc2[nH]ccc12. The summed E-state index contributed by atoms with van der Waals surface area (Å²) in [5, 5.41) is 0.955. The van der Waals surface area contributed by atoms with Gasteiger partial charge in [0.05, 0.1) is 0 Å². The van der Waals surface area contributed by atoms with Crippen molar-refractivity contribution >= 4 is 22.6 Å². The summed E-state index contributed by atoms with van der Waals surface area (Å²) < 4.78 is 37.6. The largest absolute Gasteiger partial charge is 0.397 e. The molecule has 1 amide bonds. The molecule has 1 N–H and O–H groups in total. The molecule has 1 saturated heterocycles. The Balaban J connectivity index is 1.80. The van der Waals surface area contributed by atoms with E-state index >= 15 is 0 Å². The van der Waals surface area contributed by atoms with Gasteiger partial charge >= 0.3 is 6.18 Å². The maximum atomic E-state index is 12.5. The normalized spacial score (nSPS) is 21.6. The number of likely N-dealkylation sites (tertiary alicyclic amines) is 1. The molecule has 1 unspecified atom stereocenters. The molecule has 0 radical (unpaired) electrons. The van der Waals surface area contributed by atoms with Crippen LogP contribution in [0.1, 0.15) is 19.8 Å². The van der Waals surface area contributed by atoms with E-state index in [9.17, 15) is 18.0 Å². The van der Waals surface area contributed by atoms with Crippen LogP contribution < -0.4 is 4.90 Å². The van der Waals surface area contributed by atoms with E-state index in [2.05, 4.69) is 21.8 Å². The number of piperidine rings is 1. The van der Waals surface area contributed by atoms with Crippen LogP contribution in [0, 0.1) is 5.92 Å².